The molecule has 0 aliphatic carbocycles. The molecule has 2 saturated heterocycles. The van der Waals surface area contributed by atoms with Crippen molar-refractivity contribution in [1.29, 1.82) is 0 Å². The molecular formula is C19H27N5O. The molecule has 2 fully saturated rings. The number of piperidine rings is 1. The Balaban J connectivity index is 1.54. The summed E-state index contributed by atoms with van der Waals surface area (Å²) in [6.45, 7) is 5.52. The van der Waals surface area contributed by atoms with Gasteiger partial charge in [-0.05, 0) is 38.7 Å². The minimum Gasteiger partial charge on any atom is -0.355 e. The van der Waals surface area contributed by atoms with Gasteiger partial charge in [-0.15, -0.1) is 0 Å². The molecule has 2 aliphatic rings. The quantitative estimate of drug-likeness (QED) is 0.912. The summed E-state index contributed by atoms with van der Waals surface area (Å²) in [6, 6.07) is 2.03. The first-order valence-corrected chi connectivity index (χ1v) is 9.58. The second-order valence-corrected chi connectivity index (χ2v) is 7.36. The number of hydrogen-bond acceptors (Lipinski definition) is 4. The van der Waals surface area contributed by atoms with Crippen LogP contribution in [0.1, 0.15) is 44.3 Å². The van der Waals surface area contributed by atoms with Crippen molar-refractivity contribution in [1.82, 2.24) is 19.9 Å². The van der Waals surface area contributed by atoms with E-state index in [1.54, 1.807) is 0 Å². The van der Waals surface area contributed by atoms with E-state index in [0.717, 1.165) is 74.5 Å². The number of aryl methyl sites for hydroxylation is 1. The second kappa shape index (κ2) is 7.02. The Hall–Kier alpha value is -2.11. The molecule has 0 unspecified atom stereocenters. The van der Waals surface area contributed by atoms with Crippen LogP contribution in [0.5, 0.6) is 0 Å². The van der Waals surface area contributed by atoms with Gasteiger partial charge in [0.05, 0.1) is 11.3 Å². The maximum absolute atomic E-state index is 13.0. The van der Waals surface area contributed by atoms with Crippen LogP contribution in [0.15, 0.2) is 12.3 Å². The third-order valence-corrected chi connectivity index (χ3v) is 5.50. The van der Waals surface area contributed by atoms with E-state index in [1.807, 2.05) is 19.2 Å². The first-order chi connectivity index (χ1) is 12.2. The zero-order chi connectivity index (χ0) is 17.2. The van der Waals surface area contributed by atoms with Gasteiger partial charge in [-0.3, -0.25) is 4.79 Å². The predicted octanol–water partition coefficient (Wildman–Crippen LogP) is 2.89. The van der Waals surface area contributed by atoms with Crippen LogP contribution in [0.3, 0.4) is 0 Å². The summed E-state index contributed by atoms with van der Waals surface area (Å²) >= 11 is 0. The number of anilines is 1. The molecule has 0 radical (unpaired) electrons. The number of H-pyrrole nitrogens is 1. The molecule has 1 atom stereocenters. The monoisotopic (exact) mass is 341 g/mol. The highest BCUT2D eigenvalue weighted by Gasteiger charge is 2.30. The van der Waals surface area contributed by atoms with Gasteiger partial charge >= 0.3 is 0 Å². The molecule has 1 N–H and O–H groups in total. The van der Waals surface area contributed by atoms with Crippen molar-refractivity contribution in [2.24, 2.45) is 5.92 Å². The van der Waals surface area contributed by atoms with E-state index in [-0.39, 0.29) is 5.92 Å². The van der Waals surface area contributed by atoms with E-state index in [2.05, 4.69) is 24.8 Å². The molecule has 1 amide bonds. The molecule has 0 bridgehead atoms. The molecular weight excluding hydrogens is 314 g/mol. The van der Waals surface area contributed by atoms with Crippen LogP contribution in [0.25, 0.3) is 11.0 Å². The van der Waals surface area contributed by atoms with E-state index >= 15 is 0 Å². The van der Waals surface area contributed by atoms with Gasteiger partial charge in [-0.25, -0.2) is 9.97 Å². The maximum Gasteiger partial charge on any atom is 0.227 e. The molecule has 134 valence electrons. The number of hydrogen-bond donors (Lipinski definition) is 1. The number of aromatic nitrogens is 3. The molecule has 4 rings (SSSR count). The maximum atomic E-state index is 13.0. The zero-order valence-corrected chi connectivity index (χ0v) is 15.0. The normalized spacial score (nSPS) is 22.2. The summed E-state index contributed by atoms with van der Waals surface area (Å²) in [5, 5.41) is 1.05. The first-order valence-electron chi connectivity index (χ1n) is 9.58. The van der Waals surface area contributed by atoms with Gasteiger partial charge in [0.25, 0.3) is 0 Å². The SMILES string of the molecule is Cc1nc(N2CCC[C@@H](C(=O)N3CCCCCC3)C2)c2cc[nH]c2n1. The lowest BCUT2D eigenvalue weighted by molar-refractivity contribution is -0.135. The number of nitrogens with one attached hydrogen (secondary N) is 1. The average molecular weight is 341 g/mol. The standard InChI is InChI=1S/C19H27N5O/c1-14-21-17-16(8-9-20-17)18(22-14)24-12-6-7-15(13-24)19(25)23-10-4-2-3-5-11-23/h8-9,15H,2-7,10-13H2,1H3,(H,20,21,22)/t15-/m1/s1. The fraction of sp³-hybridized carbons (Fsp3) is 0.632. The second-order valence-electron chi connectivity index (χ2n) is 7.36. The van der Waals surface area contributed by atoms with Gasteiger partial charge < -0.3 is 14.8 Å². The van der Waals surface area contributed by atoms with Crippen molar-refractivity contribution in [3.8, 4) is 0 Å². The lowest BCUT2D eigenvalue weighted by atomic mass is 9.96. The Morgan fingerprint density at radius 2 is 1.92 bits per heavy atom. The van der Waals surface area contributed by atoms with E-state index in [0.29, 0.717) is 5.91 Å². The Morgan fingerprint density at radius 3 is 2.72 bits per heavy atom. The van der Waals surface area contributed by atoms with Gasteiger partial charge in [-0.1, -0.05) is 12.8 Å². The van der Waals surface area contributed by atoms with Crippen molar-refractivity contribution in [3.05, 3.63) is 18.1 Å². The number of carbonyl (C=O) groups is 1. The van der Waals surface area contributed by atoms with Gasteiger partial charge in [0, 0.05) is 32.4 Å². The van der Waals surface area contributed by atoms with Crippen LogP contribution in [-0.2, 0) is 4.79 Å². The molecule has 6 nitrogen and oxygen atoms in total. The van der Waals surface area contributed by atoms with Crippen molar-refractivity contribution in [2.75, 3.05) is 31.1 Å². The number of carbonyl (C=O) groups excluding carboxylic acids is 1. The predicted molar refractivity (Wildman–Crippen MR) is 98.6 cm³/mol. The largest absolute Gasteiger partial charge is 0.355 e. The van der Waals surface area contributed by atoms with Crippen LogP contribution in [-0.4, -0.2) is 51.9 Å². The van der Waals surface area contributed by atoms with E-state index in [9.17, 15) is 4.79 Å². The van der Waals surface area contributed by atoms with Crippen molar-refractivity contribution < 1.29 is 4.79 Å². The molecule has 0 saturated carbocycles. The van der Waals surface area contributed by atoms with Gasteiger partial charge in [0.2, 0.25) is 5.91 Å². The van der Waals surface area contributed by atoms with Crippen molar-refractivity contribution in [2.45, 2.75) is 45.4 Å². The highest BCUT2D eigenvalue weighted by atomic mass is 16.2. The summed E-state index contributed by atoms with van der Waals surface area (Å²) < 4.78 is 0. The molecule has 2 aromatic rings. The van der Waals surface area contributed by atoms with Gasteiger partial charge in [-0.2, -0.15) is 0 Å². The number of amides is 1. The van der Waals surface area contributed by atoms with E-state index in [4.69, 9.17) is 0 Å². The van der Waals surface area contributed by atoms with Crippen LogP contribution in [0.4, 0.5) is 5.82 Å². The number of aromatic amines is 1. The third kappa shape index (κ3) is 3.34. The number of fused-ring (bicyclic) bond motifs is 1. The van der Waals surface area contributed by atoms with Crippen molar-refractivity contribution >= 4 is 22.8 Å². The van der Waals surface area contributed by atoms with Crippen LogP contribution < -0.4 is 4.90 Å². The van der Waals surface area contributed by atoms with E-state index in [1.165, 1.54) is 12.8 Å². The summed E-state index contributed by atoms with van der Waals surface area (Å²) in [5.41, 5.74) is 0.878. The lowest BCUT2D eigenvalue weighted by Gasteiger charge is -2.35. The molecule has 4 heterocycles. The number of nitrogens with zero attached hydrogens (tertiary/aromatic N) is 4. The smallest absolute Gasteiger partial charge is 0.227 e. The van der Waals surface area contributed by atoms with Crippen LogP contribution in [0, 0.1) is 12.8 Å². The number of likely N-dealkylation sites (tertiary alicyclic amines) is 1. The highest BCUT2D eigenvalue weighted by molar-refractivity contribution is 5.88. The fourth-order valence-corrected chi connectivity index (χ4v) is 4.20. The van der Waals surface area contributed by atoms with Gasteiger partial charge in [0.1, 0.15) is 17.3 Å². The van der Waals surface area contributed by atoms with E-state index < -0.39 is 0 Å². The van der Waals surface area contributed by atoms with Crippen LogP contribution >= 0.6 is 0 Å². The Kier molecular flexibility index (Phi) is 4.59. The van der Waals surface area contributed by atoms with Gasteiger partial charge in [0.15, 0.2) is 0 Å². The van der Waals surface area contributed by atoms with Crippen molar-refractivity contribution in [3.63, 3.8) is 0 Å². The summed E-state index contributed by atoms with van der Waals surface area (Å²) in [4.78, 5) is 29.7. The molecule has 0 spiro atoms. The molecule has 2 aliphatic heterocycles. The topological polar surface area (TPSA) is 65.1 Å². The molecule has 2 aromatic heterocycles. The molecule has 0 aromatic carbocycles. The molecule has 25 heavy (non-hydrogen) atoms. The minimum atomic E-state index is 0.0936. The Labute approximate surface area is 148 Å². The zero-order valence-electron chi connectivity index (χ0n) is 15.0. The summed E-state index contributed by atoms with van der Waals surface area (Å²) in [7, 11) is 0. The lowest BCUT2D eigenvalue weighted by Crippen LogP contribution is -2.45. The Bertz CT molecular complexity index is 747. The summed E-state index contributed by atoms with van der Waals surface area (Å²) in [5.74, 6) is 2.18. The first kappa shape index (κ1) is 16.4. The minimum absolute atomic E-state index is 0.0936. The number of rotatable bonds is 2. The Morgan fingerprint density at radius 1 is 1.12 bits per heavy atom. The average Bonchev–Trinajstić information content (AvgIpc) is 2.93. The fourth-order valence-electron chi connectivity index (χ4n) is 4.20. The summed E-state index contributed by atoms with van der Waals surface area (Å²) in [6.07, 6.45) is 8.75. The molecule has 6 heteroatoms. The van der Waals surface area contributed by atoms with Crippen LogP contribution in [0.2, 0.25) is 0 Å². The third-order valence-electron chi connectivity index (χ3n) is 5.50. The highest BCUT2D eigenvalue weighted by Crippen LogP contribution is 2.29.